The second-order valence-electron chi connectivity index (χ2n) is 4.30. The maximum atomic E-state index is 9.19. The third-order valence-electron chi connectivity index (χ3n) is 2.90. The van der Waals surface area contributed by atoms with Gasteiger partial charge in [0.05, 0.1) is 25.2 Å². The van der Waals surface area contributed by atoms with E-state index in [1.807, 2.05) is 12.4 Å². The topological polar surface area (TPSA) is 57.3 Å². The van der Waals surface area contributed by atoms with Crippen molar-refractivity contribution in [3.63, 3.8) is 0 Å². The van der Waals surface area contributed by atoms with E-state index in [4.69, 9.17) is 4.74 Å². The summed E-state index contributed by atoms with van der Waals surface area (Å²) in [5.41, 5.74) is 1.29. The van der Waals surface area contributed by atoms with Crippen molar-refractivity contribution in [3.05, 3.63) is 24.0 Å². The highest BCUT2D eigenvalue weighted by molar-refractivity contribution is 5.08. The highest BCUT2D eigenvalue weighted by atomic mass is 16.5. The molecule has 0 bridgehead atoms. The van der Waals surface area contributed by atoms with Gasteiger partial charge >= 0.3 is 0 Å². The third kappa shape index (κ3) is 2.59. The Balaban J connectivity index is 1.62. The van der Waals surface area contributed by atoms with Crippen LogP contribution in [-0.2, 0) is 11.2 Å². The minimum absolute atomic E-state index is 0.0157. The minimum atomic E-state index is -0.0157. The monoisotopic (exact) mass is 210 g/mol. The molecule has 1 aliphatic rings. The van der Waals surface area contributed by atoms with E-state index in [0.29, 0.717) is 13.2 Å². The molecule has 2 heterocycles. The van der Waals surface area contributed by atoms with Crippen LogP contribution in [0.2, 0.25) is 0 Å². The molecule has 4 heteroatoms. The predicted octanol–water partition coefficient (Wildman–Crippen LogP) is 0.156. The van der Waals surface area contributed by atoms with Crippen LogP contribution in [0.3, 0.4) is 0 Å². The minimum Gasteiger partial charge on any atom is -0.396 e. The average Bonchev–Trinajstić information content (AvgIpc) is 2.68. The number of aliphatic hydroxyl groups excluding tert-OH is 1. The summed E-state index contributed by atoms with van der Waals surface area (Å²) in [6.07, 6.45) is 4.96. The van der Waals surface area contributed by atoms with Gasteiger partial charge in [-0.2, -0.15) is 0 Å². The SMILES string of the molecule is OCC1(CNCCc2cc[nH]c2)COC1. The van der Waals surface area contributed by atoms with Gasteiger partial charge < -0.3 is 20.1 Å². The van der Waals surface area contributed by atoms with E-state index in [0.717, 1.165) is 19.5 Å². The highest BCUT2D eigenvalue weighted by Crippen LogP contribution is 2.25. The van der Waals surface area contributed by atoms with Gasteiger partial charge in [-0.1, -0.05) is 0 Å². The summed E-state index contributed by atoms with van der Waals surface area (Å²) in [5.74, 6) is 0. The maximum Gasteiger partial charge on any atom is 0.0579 e. The molecule has 0 radical (unpaired) electrons. The summed E-state index contributed by atoms with van der Waals surface area (Å²) >= 11 is 0. The van der Waals surface area contributed by atoms with Crippen molar-refractivity contribution in [2.45, 2.75) is 6.42 Å². The van der Waals surface area contributed by atoms with Gasteiger partial charge in [0.1, 0.15) is 0 Å². The Hall–Kier alpha value is -0.840. The van der Waals surface area contributed by atoms with Crippen molar-refractivity contribution in [3.8, 4) is 0 Å². The largest absolute Gasteiger partial charge is 0.396 e. The number of rotatable bonds is 6. The van der Waals surface area contributed by atoms with Crippen molar-refractivity contribution < 1.29 is 9.84 Å². The number of hydrogen-bond donors (Lipinski definition) is 3. The fraction of sp³-hybridized carbons (Fsp3) is 0.636. The molecular weight excluding hydrogens is 192 g/mol. The van der Waals surface area contributed by atoms with E-state index in [-0.39, 0.29) is 12.0 Å². The lowest BCUT2D eigenvalue weighted by atomic mass is 9.87. The van der Waals surface area contributed by atoms with E-state index in [9.17, 15) is 5.11 Å². The molecule has 4 nitrogen and oxygen atoms in total. The Morgan fingerprint density at radius 1 is 1.53 bits per heavy atom. The Kier molecular flexibility index (Phi) is 3.41. The van der Waals surface area contributed by atoms with Crippen LogP contribution in [0.1, 0.15) is 5.56 Å². The van der Waals surface area contributed by atoms with Crippen LogP contribution in [0.4, 0.5) is 0 Å². The molecule has 84 valence electrons. The molecule has 0 saturated carbocycles. The smallest absolute Gasteiger partial charge is 0.0579 e. The number of aromatic amines is 1. The summed E-state index contributed by atoms with van der Waals surface area (Å²) in [6, 6.07) is 2.08. The Morgan fingerprint density at radius 3 is 2.93 bits per heavy atom. The van der Waals surface area contributed by atoms with Gasteiger partial charge in [-0.3, -0.25) is 0 Å². The molecule has 1 aromatic rings. The van der Waals surface area contributed by atoms with Gasteiger partial charge in [-0.25, -0.2) is 0 Å². The van der Waals surface area contributed by atoms with Crippen molar-refractivity contribution in [2.24, 2.45) is 5.41 Å². The van der Waals surface area contributed by atoms with Crippen molar-refractivity contribution >= 4 is 0 Å². The first-order valence-corrected chi connectivity index (χ1v) is 5.36. The normalized spacial score (nSPS) is 18.7. The van der Waals surface area contributed by atoms with E-state index >= 15 is 0 Å². The molecule has 2 rings (SSSR count). The fourth-order valence-electron chi connectivity index (χ4n) is 1.74. The molecular formula is C11H18N2O2. The third-order valence-corrected chi connectivity index (χ3v) is 2.90. The summed E-state index contributed by atoms with van der Waals surface area (Å²) < 4.78 is 5.13. The van der Waals surface area contributed by atoms with Crippen molar-refractivity contribution in [1.29, 1.82) is 0 Å². The van der Waals surface area contributed by atoms with Crippen LogP contribution in [-0.4, -0.2) is 43.0 Å². The Labute approximate surface area is 89.6 Å². The lowest BCUT2D eigenvalue weighted by molar-refractivity contribution is -0.134. The predicted molar refractivity (Wildman–Crippen MR) is 57.7 cm³/mol. The highest BCUT2D eigenvalue weighted by Gasteiger charge is 2.37. The van der Waals surface area contributed by atoms with Gasteiger partial charge in [-0.15, -0.1) is 0 Å². The van der Waals surface area contributed by atoms with Crippen LogP contribution in [0.25, 0.3) is 0 Å². The fourth-order valence-corrected chi connectivity index (χ4v) is 1.74. The summed E-state index contributed by atoms with van der Waals surface area (Å²) in [6.45, 7) is 3.36. The van der Waals surface area contributed by atoms with Crippen LogP contribution in [0.5, 0.6) is 0 Å². The number of aliphatic hydroxyl groups is 1. The standard InChI is InChI=1S/C11H18N2O2/c14-7-11(8-15-9-11)6-13-4-2-10-1-3-12-5-10/h1,3,5,12-14H,2,4,6-9H2. The van der Waals surface area contributed by atoms with Crippen LogP contribution in [0, 0.1) is 5.41 Å². The number of nitrogens with one attached hydrogen (secondary N) is 2. The van der Waals surface area contributed by atoms with E-state index in [1.54, 1.807) is 0 Å². The first-order valence-electron chi connectivity index (χ1n) is 5.36. The molecule has 0 aliphatic carbocycles. The van der Waals surface area contributed by atoms with Gasteiger partial charge in [0, 0.05) is 18.9 Å². The molecule has 0 aromatic carbocycles. The van der Waals surface area contributed by atoms with E-state index < -0.39 is 0 Å². The summed E-state index contributed by atoms with van der Waals surface area (Å²) in [7, 11) is 0. The molecule has 0 atom stereocenters. The van der Waals surface area contributed by atoms with Crippen LogP contribution >= 0.6 is 0 Å². The molecule has 15 heavy (non-hydrogen) atoms. The molecule has 3 N–H and O–H groups in total. The Morgan fingerprint density at radius 2 is 2.40 bits per heavy atom. The van der Waals surface area contributed by atoms with Gasteiger partial charge in [0.25, 0.3) is 0 Å². The molecule has 1 saturated heterocycles. The van der Waals surface area contributed by atoms with Crippen molar-refractivity contribution in [2.75, 3.05) is 32.9 Å². The van der Waals surface area contributed by atoms with E-state index in [1.165, 1.54) is 5.56 Å². The number of hydrogen-bond acceptors (Lipinski definition) is 3. The second kappa shape index (κ2) is 4.79. The summed E-state index contributed by atoms with van der Waals surface area (Å²) in [5, 5.41) is 12.6. The lowest BCUT2D eigenvalue weighted by Gasteiger charge is -2.40. The van der Waals surface area contributed by atoms with E-state index in [2.05, 4.69) is 16.4 Å². The molecule has 1 aliphatic heterocycles. The first-order chi connectivity index (χ1) is 7.35. The van der Waals surface area contributed by atoms with Crippen LogP contribution in [0.15, 0.2) is 18.5 Å². The molecule has 0 spiro atoms. The van der Waals surface area contributed by atoms with Gasteiger partial charge in [0.15, 0.2) is 0 Å². The zero-order chi connectivity index (χ0) is 10.6. The molecule has 1 fully saturated rings. The average molecular weight is 210 g/mol. The molecule has 0 unspecified atom stereocenters. The maximum absolute atomic E-state index is 9.19. The number of ether oxygens (including phenoxy) is 1. The van der Waals surface area contributed by atoms with Crippen molar-refractivity contribution in [1.82, 2.24) is 10.3 Å². The first kappa shape index (κ1) is 10.7. The number of H-pyrrole nitrogens is 1. The zero-order valence-electron chi connectivity index (χ0n) is 8.83. The Bertz CT molecular complexity index is 275. The second-order valence-corrected chi connectivity index (χ2v) is 4.30. The summed E-state index contributed by atoms with van der Waals surface area (Å²) in [4.78, 5) is 3.03. The zero-order valence-corrected chi connectivity index (χ0v) is 8.83. The van der Waals surface area contributed by atoms with Crippen LogP contribution < -0.4 is 5.32 Å². The number of aromatic nitrogens is 1. The lowest BCUT2D eigenvalue weighted by Crippen LogP contribution is -2.52. The van der Waals surface area contributed by atoms with Gasteiger partial charge in [0.2, 0.25) is 0 Å². The quantitative estimate of drug-likeness (QED) is 0.586. The molecule has 1 aromatic heterocycles. The molecule has 0 amide bonds. The van der Waals surface area contributed by atoms with Gasteiger partial charge in [-0.05, 0) is 24.6 Å².